The maximum atomic E-state index is 13.9. The predicted octanol–water partition coefficient (Wildman–Crippen LogP) is 1.45. The van der Waals surface area contributed by atoms with E-state index >= 15 is 0 Å². The highest BCUT2D eigenvalue weighted by molar-refractivity contribution is 6.09. The summed E-state index contributed by atoms with van der Waals surface area (Å²) in [7, 11) is 0. The van der Waals surface area contributed by atoms with Crippen molar-refractivity contribution in [1.82, 2.24) is 9.80 Å². The molecule has 6 N–H and O–H groups in total. The second-order valence-corrected chi connectivity index (χ2v) is 9.91. The van der Waals surface area contributed by atoms with E-state index in [0.717, 1.165) is 12.0 Å². The minimum Gasteiger partial charge on any atom is -0.480 e. The number of nitrogen functional groups attached to an aromatic ring is 1. The highest BCUT2D eigenvalue weighted by Crippen LogP contribution is 2.55. The van der Waals surface area contributed by atoms with E-state index in [2.05, 4.69) is 0 Å². The van der Waals surface area contributed by atoms with Crippen molar-refractivity contribution in [2.24, 2.45) is 23.3 Å². The summed E-state index contributed by atoms with van der Waals surface area (Å²) in [5.74, 6) is -5.12. The van der Waals surface area contributed by atoms with Gasteiger partial charge in [-0.15, -0.1) is 0 Å². The average Bonchev–Trinajstić information content (AvgIpc) is 3.31. The molecule has 2 heterocycles. The molecule has 4 unspecified atom stereocenters. The summed E-state index contributed by atoms with van der Waals surface area (Å²) in [6.07, 6.45) is 1.54. The van der Waals surface area contributed by atoms with Crippen molar-refractivity contribution in [2.45, 2.75) is 44.2 Å². The molecule has 0 aromatic heterocycles. The molecule has 2 aliphatic heterocycles. The number of likely N-dealkylation sites (tertiary alicyclic amines) is 2. The molecule has 10 nitrogen and oxygen atoms in total. The first kappa shape index (κ1) is 27.0. The van der Waals surface area contributed by atoms with Gasteiger partial charge in [0, 0.05) is 31.1 Å². The molecule has 2 aromatic carbocycles. The zero-order valence-electron chi connectivity index (χ0n) is 21.3. The van der Waals surface area contributed by atoms with Gasteiger partial charge < -0.3 is 16.6 Å². The molecule has 2 aliphatic rings. The number of nitrogens with two attached hydrogens (primary N) is 2. The number of fused-ring (bicyclic) bond motifs is 1. The van der Waals surface area contributed by atoms with Crippen molar-refractivity contribution in [3.63, 3.8) is 0 Å². The van der Waals surface area contributed by atoms with Gasteiger partial charge in [0.1, 0.15) is 5.84 Å². The number of nitrogens with one attached hydrogen (secondary N) is 1. The van der Waals surface area contributed by atoms with Crippen molar-refractivity contribution in [3.05, 3.63) is 71.3 Å². The second-order valence-electron chi connectivity index (χ2n) is 9.91. The molecule has 4 atom stereocenters. The Balaban J connectivity index is 1.94. The molecule has 2 saturated heterocycles. The van der Waals surface area contributed by atoms with Crippen LogP contribution >= 0.6 is 0 Å². The number of hydrogen-bond donors (Lipinski definition) is 4. The highest BCUT2D eigenvalue weighted by Gasteiger charge is 2.72. The summed E-state index contributed by atoms with van der Waals surface area (Å²) in [4.78, 5) is 55.9. The molecule has 4 rings (SSSR count). The van der Waals surface area contributed by atoms with Crippen molar-refractivity contribution in [2.75, 3.05) is 13.1 Å². The fraction of sp³-hybridized carbons (Fsp3) is 0.393. The maximum absolute atomic E-state index is 13.9. The van der Waals surface area contributed by atoms with Crippen LogP contribution in [-0.2, 0) is 31.1 Å². The van der Waals surface area contributed by atoms with E-state index in [4.69, 9.17) is 16.9 Å². The number of imide groups is 1. The van der Waals surface area contributed by atoms with Crippen LogP contribution in [0.25, 0.3) is 0 Å². The van der Waals surface area contributed by atoms with Crippen LogP contribution in [-0.4, -0.2) is 63.6 Å². The summed E-state index contributed by atoms with van der Waals surface area (Å²) in [5.41, 5.74) is 10.7. The SMILES string of the molecule is CCCCN1C(=O)C2C(Cc3ccccc3)N(CCC(N)=O)C(C(=O)O)(c3ccc(C(=N)N)cc3)C2C1=O. The molecule has 10 heteroatoms. The lowest BCUT2D eigenvalue weighted by atomic mass is 9.75. The van der Waals surface area contributed by atoms with Crippen LogP contribution in [0.2, 0.25) is 0 Å². The number of carboxylic acid groups (broad SMARTS) is 1. The fourth-order valence-electron chi connectivity index (χ4n) is 6.04. The van der Waals surface area contributed by atoms with Crippen LogP contribution in [0.5, 0.6) is 0 Å². The highest BCUT2D eigenvalue weighted by atomic mass is 16.4. The Morgan fingerprint density at radius 3 is 2.21 bits per heavy atom. The molecule has 0 radical (unpaired) electrons. The maximum Gasteiger partial charge on any atom is 0.329 e. The van der Waals surface area contributed by atoms with Crippen molar-refractivity contribution in [1.29, 1.82) is 5.41 Å². The number of carbonyl (C=O) groups is 4. The first-order valence-corrected chi connectivity index (χ1v) is 12.8. The van der Waals surface area contributed by atoms with Crippen LogP contribution in [0.4, 0.5) is 0 Å². The Hall–Kier alpha value is -4.05. The molecule has 0 bridgehead atoms. The first-order chi connectivity index (χ1) is 18.1. The summed E-state index contributed by atoms with van der Waals surface area (Å²) < 4.78 is 0. The van der Waals surface area contributed by atoms with Gasteiger partial charge in [0.25, 0.3) is 0 Å². The van der Waals surface area contributed by atoms with E-state index in [9.17, 15) is 24.3 Å². The molecule has 0 saturated carbocycles. The Labute approximate surface area is 221 Å². The predicted molar refractivity (Wildman–Crippen MR) is 140 cm³/mol. The molecule has 38 heavy (non-hydrogen) atoms. The van der Waals surface area contributed by atoms with Gasteiger partial charge in [-0.05, 0) is 24.0 Å². The largest absolute Gasteiger partial charge is 0.480 e. The normalized spacial score (nSPS) is 25.0. The van der Waals surface area contributed by atoms with Crippen molar-refractivity contribution in [3.8, 4) is 0 Å². The monoisotopic (exact) mass is 519 g/mol. The number of hydrogen-bond acceptors (Lipinski definition) is 6. The van der Waals surface area contributed by atoms with E-state index in [0.29, 0.717) is 18.4 Å². The Morgan fingerprint density at radius 1 is 1.00 bits per heavy atom. The van der Waals surface area contributed by atoms with E-state index in [1.54, 1.807) is 4.90 Å². The van der Waals surface area contributed by atoms with E-state index < -0.39 is 41.2 Å². The third-order valence-corrected chi connectivity index (χ3v) is 7.74. The van der Waals surface area contributed by atoms with E-state index in [1.165, 1.54) is 29.2 Å². The lowest BCUT2D eigenvalue weighted by Gasteiger charge is -2.41. The molecule has 2 aromatic rings. The summed E-state index contributed by atoms with van der Waals surface area (Å²) in [6.45, 7) is 2.13. The number of carboxylic acids is 1. The Kier molecular flexibility index (Phi) is 7.63. The standard InChI is InChI=1S/C28H33N5O5/c1-2-3-14-32-25(35)22-20(16-17-7-5-4-6-8-17)33(15-13-21(29)34)28(27(37)38,23(22)26(32)36)19-11-9-18(10-12-19)24(30)31/h4-12,20,22-23H,2-3,13-16H2,1H3,(H2,29,34)(H3,30,31)(H,37,38). The van der Waals surface area contributed by atoms with E-state index in [-0.39, 0.29) is 36.8 Å². The average molecular weight is 520 g/mol. The first-order valence-electron chi connectivity index (χ1n) is 12.8. The minimum absolute atomic E-state index is 0.0455. The number of benzene rings is 2. The van der Waals surface area contributed by atoms with Crippen LogP contribution in [0.3, 0.4) is 0 Å². The smallest absolute Gasteiger partial charge is 0.329 e. The minimum atomic E-state index is -1.93. The summed E-state index contributed by atoms with van der Waals surface area (Å²) in [5, 5.41) is 18.6. The van der Waals surface area contributed by atoms with Crippen LogP contribution in [0.1, 0.15) is 42.9 Å². The van der Waals surface area contributed by atoms with Gasteiger partial charge >= 0.3 is 5.97 Å². The van der Waals surface area contributed by atoms with Crippen LogP contribution < -0.4 is 11.5 Å². The van der Waals surface area contributed by atoms with Gasteiger partial charge in [0.05, 0.1) is 11.8 Å². The quantitative estimate of drug-likeness (QED) is 0.198. The van der Waals surface area contributed by atoms with Gasteiger partial charge in [-0.1, -0.05) is 67.9 Å². The molecule has 0 spiro atoms. The Bertz CT molecular complexity index is 1250. The van der Waals surface area contributed by atoms with Crippen LogP contribution in [0, 0.1) is 17.2 Å². The third-order valence-electron chi connectivity index (χ3n) is 7.74. The number of nitrogens with zero attached hydrogens (tertiary/aromatic N) is 2. The van der Waals surface area contributed by atoms with Gasteiger partial charge in [0.15, 0.2) is 5.54 Å². The number of amidine groups is 1. The lowest BCUT2D eigenvalue weighted by molar-refractivity contribution is -0.159. The number of unbranched alkanes of at least 4 members (excludes halogenated alkanes) is 1. The lowest BCUT2D eigenvalue weighted by Crippen LogP contribution is -2.57. The molecule has 2 fully saturated rings. The number of rotatable bonds is 11. The number of aliphatic carboxylic acids is 1. The van der Waals surface area contributed by atoms with Crippen molar-refractivity contribution >= 4 is 29.5 Å². The summed E-state index contributed by atoms with van der Waals surface area (Å²) in [6, 6.07) is 14.8. The van der Waals surface area contributed by atoms with Gasteiger partial charge in [-0.25, -0.2) is 4.79 Å². The molecule has 200 valence electrons. The van der Waals surface area contributed by atoms with Crippen LogP contribution in [0.15, 0.2) is 54.6 Å². The number of carbonyl (C=O) groups excluding carboxylic acids is 3. The topological polar surface area (TPSA) is 171 Å². The second kappa shape index (κ2) is 10.7. The fourth-order valence-corrected chi connectivity index (χ4v) is 6.04. The van der Waals surface area contributed by atoms with Crippen molar-refractivity contribution < 1.29 is 24.3 Å². The summed E-state index contributed by atoms with van der Waals surface area (Å²) >= 11 is 0. The molecular formula is C28H33N5O5. The number of primary amides is 1. The molecular weight excluding hydrogens is 486 g/mol. The van der Waals surface area contributed by atoms with Gasteiger partial charge in [0.2, 0.25) is 17.7 Å². The molecule has 3 amide bonds. The zero-order valence-corrected chi connectivity index (χ0v) is 21.3. The number of amides is 3. The Morgan fingerprint density at radius 2 is 1.66 bits per heavy atom. The molecule has 0 aliphatic carbocycles. The van der Waals surface area contributed by atoms with Gasteiger partial charge in [-0.2, -0.15) is 0 Å². The third kappa shape index (κ3) is 4.45. The van der Waals surface area contributed by atoms with Gasteiger partial charge in [-0.3, -0.25) is 29.6 Å². The van der Waals surface area contributed by atoms with E-state index in [1.807, 2.05) is 37.3 Å². The zero-order chi connectivity index (χ0) is 27.6.